The summed E-state index contributed by atoms with van der Waals surface area (Å²) in [5, 5.41) is -0.173. The van der Waals surface area contributed by atoms with Gasteiger partial charge in [-0.25, -0.2) is 0 Å². The lowest BCUT2D eigenvalue weighted by Gasteiger charge is -2.22. The summed E-state index contributed by atoms with van der Waals surface area (Å²) in [5.41, 5.74) is 1.15. The molecule has 2 saturated heterocycles. The van der Waals surface area contributed by atoms with Crippen molar-refractivity contribution in [2.75, 3.05) is 18.8 Å². The second kappa shape index (κ2) is 6.52. The Labute approximate surface area is 133 Å². The number of imide groups is 1. The van der Waals surface area contributed by atoms with Crippen LogP contribution in [0.2, 0.25) is 0 Å². The number of carbonyl (C=O) groups is 3. The molecule has 22 heavy (non-hydrogen) atoms. The molecule has 116 valence electrons. The lowest BCUT2D eigenvalue weighted by atomic mass is 10.1. The van der Waals surface area contributed by atoms with E-state index in [0.717, 1.165) is 23.7 Å². The summed E-state index contributed by atoms with van der Waals surface area (Å²) in [6, 6.07) is 9.77. The minimum absolute atomic E-state index is 0.0955. The number of aryl methyl sites for hydroxylation is 1. The molecule has 0 N–H and O–H groups in total. The molecule has 1 atom stereocenters. The van der Waals surface area contributed by atoms with Crippen LogP contribution in [0.15, 0.2) is 30.3 Å². The van der Waals surface area contributed by atoms with Crippen molar-refractivity contribution in [1.82, 2.24) is 9.80 Å². The fourth-order valence-electron chi connectivity index (χ4n) is 2.95. The second-order valence-electron chi connectivity index (χ2n) is 5.59. The summed E-state index contributed by atoms with van der Waals surface area (Å²) in [7, 11) is 0. The maximum Gasteiger partial charge on any atom is 0.289 e. The number of benzene rings is 1. The Hall–Kier alpha value is -1.82. The summed E-state index contributed by atoms with van der Waals surface area (Å²) in [5.74, 6) is 0.203. The van der Waals surface area contributed by atoms with Gasteiger partial charge in [0.25, 0.3) is 5.24 Å². The third-order valence-corrected chi connectivity index (χ3v) is 4.97. The average Bonchev–Trinajstić information content (AvgIpc) is 3.13. The number of hydrogen-bond donors (Lipinski definition) is 0. The van der Waals surface area contributed by atoms with Gasteiger partial charge in [-0.1, -0.05) is 42.1 Å². The predicted octanol–water partition coefficient (Wildman–Crippen LogP) is 1.92. The number of amides is 3. The van der Waals surface area contributed by atoms with Crippen molar-refractivity contribution in [3.8, 4) is 0 Å². The molecule has 0 saturated carbocycles. The van der Waals surface area contributed by atoms with Crippen LogP contribution in [0.1, 0.15) is 18.4 Å². The second-order valence-corrected chi connectivity index (χ2v) is 6.51. The van der Waals surface area contributed by atoms with Crippen molar-refractivity contribution in [2.45, 2.75) is 25.3 Å². The van der Waals surface area contributed by atoms with Crippen LogP contribution in [0.5, 0.6) is 0 Å². The van der Waals surface area contributed by atoms with Gasteiger partial charge in [0.2, 0.25) is 11.8 Å². The maximum atomic E-state index is 12.3. The van der Waals surface area contributed by atoms with E-state index in [0.29, 0.717) is 25.9 Å². The maximum absolute atomic E-state index is 12.3. The Morgan fingerprint density at radius 2 is 2.00 bits per heavy atom. The molecule has 0 radical (unpaired) electrons. The molecular weight excluding hydrogens is 300 g/mol. The zero-order chi connectivity index (χ0) is 15.5. The van der Waals surface area contributed by atoms with Crippen LogP contribution in [0.25, 0.3) is 0 Å². The van der Waals surface area contributed by atoms with E-state index in [1.54, 1.807) is 4.90 Å². The molecule has 5 nitrogen and oxygen atoms in total. The van der Waals surface area contributed by atoms with E-state index in [-0.39, 0.29) is 28.8 Å². The van der Waals surface area contributed by atoms with E-state index >= 15 is 0 Å². The SMILES string of the molecule is O=C(CCc1ccccc1)N1CCC(N2C(=O)CSC2=O)C1. The summed E-state index contributed by atoms with van der Waals surface area (Å²) in [4.78, 5) is 38.9. The molecule has 0 bridgehead atoms. The molecule has 2 aliphatic rings. The van der Waals surface area contributed by atoms with Crippen LogP contribution < -0.4 is 0 Å². The Morgan fingerprint density at radius 1 is 1.23 bits per heavy atom. The molecule has 0 spiro atoms. The highest BCUT2D eigenvalue weighted by atomic mass is 32.2. The quantitative estimate of drug-likeness (QED) is 0.851. The van der Waals surface area contributed by atoms with Crippen LogP contribution in [0.4, 0.5) is 4.79 Å². The van der Waals surface area contributed by atoms with Gasteiger partial charge in [-0.3, -0.25) is 19.3 Å². The monoisotopic (exact) mass is 318 g/mol. The zero-order valence-corrected chi connectivity index (χ0v) is 13.1. The summed E-state index contributed by atoms with van der Waals surface area (Å²) < 4.78 is 0. The summed E-state index contributed by atoms with van der Waals surface area (Å²) in [6.07, 6.45) is 1.88. The molecule has 2 heterocycles. The van der Waals surface area contributed by atoms with E-state index in [2.05, 4.69) is 0 Å². The van der Waals surface area contributed by atoms with Crippen molar-refractivity contribution in [1.29, 1.82) is 0 Å². The van der Waals surface area contributed by atoms with Crippen LogP contribution in [-0.2, 0) is 16.0 Å². The zero-order valence-electron chi connectivity index (χ0n) is 12.2. The Bertz CT molecular complexity index is 574. The van der Waals surface area contributed by atoms with Gasteiger partial charge >= 0.3 is 0 Å². The molecule has 2 fully saturated rings. The lowest BCUT2D eigenvalue weighted by molar-refractivity contribution is -0.131. The van der Waals surface area contributed by atoms with Crippen molar-refractivity contribution in [3.63, 3.8) is 0 Å². The molecule has 1 unspecified atom stereocenters. The highest BCUT2D eigenvalue weighted by Crippen LogP contribution is 2.26. The van der Waals surface area contributed by atoms with Gasteiger partial charge in [0, 0.05) is 19.5 Å². The van der Waals surface area contributed by atoms with Gasteiger partial charge < -0.3 is 4.90 Å². The number of hydrogen-bond acceptors (Lipinski definition) is 4. The molecule has 0 aliphatic carbocycles. The number of carbonyl (C=O) groups excluding carboxylic acids is 3. The fourth-order valence-corrected chi connectivity index (χ4v) is 3.73. The normalized spacial score (nSPS) is 21.7. The topological polar surface area (TPSA) is 57.7 Å². The van der Waals surface area contributed by atoms with Gasteiger partial charge in [0.1, 0.15) is 0 Å². The molecule has 3 rings (SSSR count). The molecule has 6 heteroatoms. The van der Waals surface area contributed by atoms with Crippen molar-refractivity contribution in [2.24, 2.45) is 0 Å². The van der Waals surface area contributed by atoms with Gasteiger partial charge in [-0.15, -0.1) is 0 Å². The number of likely N-dealkylation sites (tertiary alicyclic amines) is 1. The highest BCUT2D eigenvalue weighted by Gasteiger charge is 2.39. The van der Waals surface area contributed by atoms with E-state index in [4.69, 9.17) is 0 Å². The summed E-state index contributed by atoms with van der Waals surface area (Å²) >= 11 is 1.05. The molecular formula is C16H18N2O3S. The van der Waals surface area contributed by atoms with Crippen LogP contribution >= 0.6 is 11.8 Å². The van der Waals surface area contributed by atoms with Crippen molar-refractivity contribution < 1.29 is 14.4 Å². The molecule has 1 aromatic rings. The first-order chi connectivity index (χ1) is 10.6. The Balaban J connectivity index is 1.53. The van der Waals surface area contributed by atoms with E-state index in [1.807, 2.05) is 30.3 Å². The van der Waals surface area contributed by atoms with E-state index < -0.39 is 0 Å². The Kier molecular flexibility index (Phi) is 4.47. The molecule has 0 aromatic heterocycles. The fraction of sp³-hybridized carbons (Fsp3) is 0.438. The average molecular weight is 318 g/mol. The van der Waals surface area contributed by atoms with Crippen LogP contribution in [0.3, 0.4) is 0 Å². The number of rotatable bonds is 4. The first-order valence-electron chi connectivity index (χ1n) is 7.45. The number of thioether (sulfide) groups is 1. The van der Waals surface area contributed by atoms with Crippen molar-refractivity contribution in [3.05, 3.63) is 35.9 Å². The van der Waals surface area contributed by atoms with Gasteiger partial charge in [-0.05, 0) is 18.4 Å². The highest BCUT2D eigenvalue weighted by molar-refractivity contribution is 8.14. The first kappa shape index (κ1) is 15.1. The van der Waals surface area contributed by atoms with Gasteiger partial charge in [0.15, 0.2) is 0 Å². The smallest absolute Gasteiger partial charge is 0.289 e. The van der Waals surface area contributed by atoms with E-state index in [9.17, 15) is 14.4 Å². The predicted molar refractivity (Wildman–Crippen MR) is 84.4 cm³/mol. The number of nitrogens with zero attached hydrogens (tertiary/aromatic N) is 2. The van der Waals surface area contributed by atoms with E-state index in [1.165, 1.54) is 4.90 Å². The van der Waals surface area contributed by atoms with Gasteiger partial charge in [0.05, 0.1) is 11.8 Å². The first-order valence-corrected chi connectivity index (χ1v) is 8.44. The third-order valence-electron chi connectivity index (χ3n) is 4.14. The Morgan fingerprint density at radius 3 is 2.68 bits per heavy atom. The summed E-state index contributed by atoms with van der Waals surface area (Å²) in [6.45, 7) is 1.10. The third kappa shape index (κ3) is 3.16. The standard InChI is InChI=1S/C16H18N2O3S/c19-14(7-6-12-4-2-1-3-5-12)17-9-8-13(10-17)18-15(20)11-22-16(18)21/h1-5,13H,6-11H2. The molecule has 1 aromatic carbocycles. The van der Waals surface area contributed by atoms with Crippen molar-refractivity contribution >= 4 is 28.8 Å². The van der Waals surface area contributed by atoms with Gasteiger partial charge in [-0.2, -0.15) is 0 Å². The minimum Gasteiger partial charge on any atom is -0.341 e. The minimum atomic E-state index is -0.173. The largest absolute Gasteiger partial charge is 0.341 e. The molecule has 2 aliphatic heterocycles. The van der Waals surface area contributed by atoms with Crippen LogP contribution in [-0.4, -0.2) is 51.7 Å². The molecule has 3 amide bonds. The lowest BCUT2D eigenvalue weighted by Crippen LogP contribution is -2.41. The van der Waals surface area contributed by atoms with Crippen LogP contribution in [0, 0.1) is 0 Å².